The van der Waals surface area contributed by atoms with E-state index in [0.29, 0.717) is 16.7 Å². The highest BCUT2D eigenvalue weighted by atomic mass is 32.2. The molecule has 7 nitrogen and oxygen atoms in total. The third kappa shape index (κ3) is 3.85. The first-order valence-corrected chi connectivity index (χ1v) is 9.66. The number of benzene rings is 2. The van der Waals surface area contributed by atoms with Crippen molar-refractivity contribution >= 4 is 38.2 Å². The Hall–Kier alpha value is -2.87. The number of hydrogen-bond donors (Lipinski definition) is 2. The Bertz CT molecular complexity index is 1050. The lowest BCUT2D eigenvalue weighted by Gasteiger charge is -2.13. The summed E-state index contributed by atoms with van der Waals surface area (Å²) < 4.78 is 24.9. The fourth-order valence-electron chi connectivity index (χ4n) is 2.53. The molecule has 3 aromatic rings. The van der Waals surface area contributed by atoms with E-state index >= 15 is 0 Å². The minimum Gasteiger partial charge on any atom is -0.378 e. The maximum Gasteiger partial charge on any atom is 0.240 e. The highest BCUT2D eigenvalue weighted by Gasteiger charge is 2.23. The third-order valence-electron chi connectivity index (χ3n) is 3.90. The zero-order chi connectivity index (χ0) is 18.9. The average Bonchev–Trinajstić information content (AvgIpc) is 2.98. The van der Waals surface area contributed by atoms with Gasteiger partial charge in [-0.05, 0) is 48.9 Å². The number of fused-ring (bicyclic) bond motifs is 1. The van der Waals surface area contributed by atoms with E-state index in [2.05, 4.69) is 15.3 Å². The van der Waals surface area contributed by atoms with Crippen molar-refractivity contribution in [3.8, 4) is 0 Å². The number of aryl methyl sites for hydroxylation is 1. The Labute approximate surface area is 152 Å². The lowest BCUT2D eigenvalue weighted by molar-refractivity contribution is -0.113. The van der Waals surface area contributed by atoms with Gasteiger partial charge in [0.15, 0.2) is 0 Å². The van der Waals surface area contributed by atoms with Gasteiger partial charge in [-0.15, -0.1) is 0 Å². The van der Waals surface area contributed by atoms with Gasteiger partial charge in [-0.1, -0.05) is 6.07 Å². The molecule has 0 aliphatic heterocycles. The molecule has 0 atom stereocenters. The molecule has 1 amide bonds. The molecule has 0 spiro atoms. The summed E-state index contributed by atoms with van der Waals surface area (Å²) in [5, 5.41) is 2.40. The Balaban J connectivity index is 1.74. The highest BCUT2D eigenvalue weighted by Crippen LogP contribution is 2.18. The van der Waals surface area contributed by atoms with E-state index in [4.69, 9.17) is 0 Å². The van der Waals surface area contributed by atoms with Crippen LogP contribution >= 0.6 is 0 Å². The van der Waals surface area contributed by atoms with Crippen molar-refractivity contribution in [2.75, 3.05) is 30.1 Å². The summed E-state index contributed by atoms with van der Waals surface area (Å²) in [5.74, 6) is -1.29. The van der Waals surface area contributed by atoms with Gasteiger partial charge in [-0.3, -0.25) is 4.79 Å². The number of imidazole rings is 1. The van der Waals surface area contributed by atoms with E-state index in [0.717, 1.165) is 11.3 Å². The number of hydrogen-bond acceptors (Lipinski definition) is 5. The predicted octanol–water partition coefficient (Wildman–Crippen LogP) is 2.35. The first-order valence-electron chi connectivity index (χ1n) is 8.01. The van der Waals surface area contributed by atoms with Crippen LogP contribution < -0.4 is 10.2 Å². The lowest BCUT2D eigenvalue weighted by Crippen LogP contribution is -2.23. The summed E-state index contributed by atoms with van der Waals surface area (Å²) in [6.07, 6.45) is 0. The summed E-state index contributed by atoms with van der Waals surface area (Å²) in [6.45, 7) is 1.91. The van der Waals surface area contributed by atoms with Crippen molar-refractivity contribution < 1.29 is 13.2 Å². The number of nitrogens with one attached hydrogen (secondary N) is 2. The lowest BCUT2D eigenvalue weighted by atomic mass is 10.2. The number of aromatic amines is 1. The highest BCUT2D eigenvalue weighted by molar-refractivity contribution is 7.92. The number of sulfone groups is 1. The summed E-state index contributed by atoms with van der Waals surface area (Å²) in [6, 6.07) is 12.5. The minimum absolute atomic E-state index is 0.198. The van der Waals surface area contributed by atoms with Gasteiger partial charge in [0.05, 0.1) is 11.0 Å². The van der Waals surface area contributed by atoms with E-state index in [1.54, 1.807) is 18.2 Å². The van der Waals surface area contributed by atoms with Crippen molar-refractivity contribution in [2.24, 2.45) is 0 Å². The second-order valence-corrected chi connectivity index (χ2v) is 8.22. The van der Waals surface area contributed by atoms with Crippen molar-refractivity contribution in [1.82, 2.24) is 9.97 Å². The number of carbonyl (C=O) groups excluding carboxylic acids is 1. The van der Waals surface area contributed by atoms with Gasteiger partial charge >= 0.3 is 0 Å². The molecule has 3 rings (SSSR count). The number of rotatable bonds is 5. The van der Waals surface area contributed by atoms with Gasteiger partial charge in [0.2, 0.25) is 20.9 Å². The molecule has 0 bridgehead atoms. The third-order valence-corrected chi connectivity index (χ3v) is 5.32. The predicted molar refractivity (Wildman–Crippen MR) is 102 cm³/mol. The maximum atomic E-state index is 12.5. The second kappa shape index (κ2) is 6.80. The van der Waals surface area contributed by atoms with Crippen LogP contribution in [0.4, 0.5) is 11.4 Å². The molecule has 0 unspecified atom stereocenters. The minimum atomic E-state index is -3.86. The van der Waals surface area contributed by atoms with Crippen LogP contribution in [0.15, 0.2) is 47.6 Å². The number of anilines is 2. The smallest absolute Gasteiger partial charge is 0.240 e. The van der Waals surface area contributed by atoms with E-state index in [1.807, 2.05) is 50.2 Å². The largest absolute Gasteiger partial charge is 0.378 e. The zero-order valence-electron chi connectivity index (χ0n) is 14.8. The fourth-order valence-corrected chi connectivity index (χ4v) is 3.59. The Morgan fingerprint density at radius 1 is 1.15 bits per heavy atom. The van der Waals surface area contributed by atoms with E-state index in [-0.39, 0.29) is 5.16 Å². The number of aromatic nitrogens is 2. The molecule has 0 aliphatic rings. The number of amides is 1. The summed E-state index contributed by atoms with van der Waals surface area (Å²) in [7, 11) is -0.0395. The van der Waals surface area contributed by atoms with Gasteiger partial charge < -0.3 is 15.2 Å². The van der Waals surface area contributed by atoms with Crippen molar-refractivity contribution in [3.63, 3.8) is 0 Å². The molecule has 0 saturated heterocycles. The first kappa shape index (κ1) is 17.9. The van der Waals surface area contributed by atoms with Crippen molar-refractivity contribution in [3.05, 3.63) is 48.0 Å². The van der Waals surface area contributed by atoms with E-state index in [9.17, 15) is 13.2 Å². The zero-order valence-corrected chi connectivity index (χ0v) is 15.6. The SMILES string of the molecule is Cc1ccc2nc(S(=O)(=O)CC(=O)Nc3ccc(N(C)C)cc3)[nH]c2c1. The second-order valence-electron chi connectivity index (χ2n) is 6.31. The molecular weight excluding hydrogens is 352 g/mol. The molecule has 8 heteroatoms. The monoisotopic (exact) mass is 372 g/mol. The van der Waals surface area contributed by atoms with Crippen LogP contribution in [-0.4, -0.2) is 44.1 Å². The average molecular weight is 372 g/mol. The topological polar surface area (TPSA) is 95.2 Å². The normalized spacial score (nSPS) is 11.5. The quantitative estimate of drug-likeness (QED) is 0.717. The fraction of sp³-hybridized carbons (Fsp3) is 0.222. The molecule has 1 heterocycles. The van der Waals surface area contributed by atoms with Gasteiger partial charge in [0.25, 0.3) is 0 Å². The maximum absolute atomic E-state index is 12.5. The summed E-state index contributed by atoms with van der Waals surface area (Å²) in [4.78, 5) is 20.9. The number of nitrogens with zero attached hydrogens (tertiary/aromatic N) is 2. The van der Waals surface area contributed by atoms with Gasteiger partial charge in [0, 0.05) is 25.5 Å². The van der Waals surface area contributed by atoms with Crippen LogP contribution in [0, 0.1) is 6.92 Å². The molecular formula is C18H20N4O3S. The van der Waals surface area contributed by atoms with Crippen molar-refractivity contribution in [2.45, 2.75) is 12.1 Å². The van der Waals surface area contributed by atoms with Crippen LogP contribution in [0.25, 0.3) is 11.0 Å². The number of H-pyrrole nitrogens is 1. The molecule has 0 aliphatic carbocycles. The molecule has 0 saturated carbocycles. The Kier molecular flexibility index (Phi) is 4.69. The van der Waals surface area contributed by atoms with Crippen LogP contribution in [0.5, 0.6) is 0 Å². The summed E-state index contributed by atoms with van der Waals surface area (Å²) in [5.41, 5.74) is 3.69. The van der Waals surface area contributed by atoms with Gasteiger partial charge in [0.1, 0.15) is 5.75 Å². The first-order chi connectivity index (χ1) is 12.2. The molecule has 2 N–H and O–H groups in total. The summed E-state index contributed by atoms with van der Waals surface area (Å²) >= 11 is 0. The van der Waals surface area contributed by atoms with E-state index < -0.39 is 21.5 Å². The standard InChI is InChI=1S/C18H20N4O3S/c1-12-4-9-15-16(10-12)21-18(20-15)26(24,25)11-17(23)19-13-5-7-14(8-6-13)22(2)3/h4-10H,11H2,1-3H3,(H,19,23)(H,20,21). The molecule has 136 valence electrons. The van der Waals surface area contributed by atoms with Crippen LogP contribution in [0.2, 0.25) is 0 Å². The molecule has 26 heavy (non-hydrogen) atoms. The van der Waals surface area contributed by atoms with Crippen LogP contribution in [-0.2, 0) is 14.6 Å². The van der Waals surface area contributed by atoms with E-state index in [1.165, 1.54) is 0 Å². The molecule has 0 radical (unpaired) electrons. The van der Waals surface area contributed by atoms with Gasteiger partial charge in [-0.2, -0.15) is 0 Å². The molecule has 1 aromatic heterocycles. The molecule has 0 fully saturated rings. The van der Waals surface area contributed by atoms with Gasteiger partial charge in [-0.25, -0.2) is 13.4 Å². The van der Waals surface area contributed by atoms with Crippen molar-refractivity contribution in [1.29, 1.82) is 0 Å². The molecule has 2 aromatic carbocycles. The van der Waals surface area contributed by atoms with Crippen LogP contribution in [0.3, 0.4) is 0 Å². The number of carbonyl (C=O) groups is 1. The van der Waals surface area contributed by atoms with Crippen LogP contribution in [0.1, 0.15) is 5.56 Å². The Morgan fingerprint density at radius 2 is 1.85 bits per heavy atom. The Morgan fingerprint density at radius 3 is 2.50 bits per heavy atom.